The van der Waals surface area contributed by atoms with Crippen molar-refractivity contribution < 1.29 is 4.79 Å². The molecule has 1 aromatic heterocycles. The Morgan fingerprint density at radius 3 is 2.76 bits per heavy atom. The molecule has 0 saturated carbocycles. The first-order valence-corrected chi connectivity index (χ1v) is 6.19. The maximum atomic E-state index is 11.7. The van der Waals surface area contributed by atoms with Crippen LogP contribution in [0.2, 0.25) is 0 Å². The molecule has 1 N–H and O–H groups in total. The van der Waals surface area contributed by atoms with E-state index in [9.17, 15) is 4.79 Å². The Morgan fingerprint density at radius 1 is 1.47 bits per heavy atom. The van der Waals surface area contributed by atoms with Gasteiger partial charge in [-0.15, -0.1) is 0 Å². The molecule has 2 rings (SSSR count). The molecule has 0 aliphatic carbocycles. The Labute approximate surface area is 102 Å². The lowest BCUT2D eigenvalue weighted by Gasteiger charge is -2.32. The molecule has 5 heteroatoms. The average molecular weight is 236 g/mol. The smallest absolute Gasteiger partial charge is 0.236 e. The van der Waals surface area contributed by atoms with Gasteiger partial charge in [-0.3, -0.25) is 9.48 Å². The van der Waals surface area contributed by atoms with Gasteiger partial charge in [-0.05, 0) is 26.3 Å². The summed E-state index contributed by atoms with van der Waals surface area (Å²) in [6.07, 6.45) is 4.86. The van der Waals surface area contributed by atoms with Crippen molar-refractivity contribution in [2.45, 2.75) is 32.4 Å². The van der Waals surface area contributed by atoms with Gasteiger partial charge in [0.25, 0.3) is 0 Å². The first-order chi connectivity index (χ1) is 8.18. The highest BCUT2D eigenvalue weighted by atomic mass is 16.2. The molecule has 94 valence electrons. The Kier molecular flexibility index (Phi) is 3.78. The molecule has 0 radical (unpaired) electrons. The molecule has 0 unspecified atom stereocenters. The minimum absolute atomic E-state index is 0.204. The van der Waals surface area contributed by atoms with Crippen LogP contribution in [0.3, 0.4) is 0 Å². The van der Waals surface area contributed by atoms with E-state index >= 15 is 0 Å². The zero-order chi connectivity index (χ0) is 12.3. The van der Waals surface area contributed by atoms with E-state index in [1.165, 1.54) is 0 Å². The third-order valence-corrected chi connectivity index (χ3v) is 3.45. The first kappa shape index (κ1) is 12.1. The van der Waals surface area contributed by atoms with Gasteiger partial charge >= 0.3 is 0 Å². The van der Waals surface area contributed by atoms with Gasteiger partial charge in [0, 0.05) is 31.5 Å². The first-order valence-electron chi connectivity index (χ1n) is 6.19. The fourth-order valence-electron chi connectivity index (χ4n) is 1.85. The van der Waals surface area contributed by atoms with E-state index in [4.69, 9.17) is 0 Å². The van der Waals surface area contributed by atoms with Gasteiger partial charge < -0.3 is 10.2 Å². The highest BCUT2D eigenvalue weighted by Gasteiger charge is 2.21. The van der Waals surface area contributed by atoms with Crippen LogP contribution in [0, 0.1) is 0 Å². The number of rotatable bonds is 5. The van der Waals surface area contributed by atoms with Gasteiger partial charge in [0.1, 0.15) is 0 Å². The lowest BCUT2D eigenvalue weighted by molar-refractivity contribution is -0.133. The fraction of sp³-hybridized carbons (Fsp3) is 0.667. The van der Waals surface area contributed by atoms with Crippen LogP contribution in [-0.4, -0.2) is 46.3 Å². The number of carbonyl (C=O) groups is 1. The van der Waals surface area contributed by atoms with Gasteiger partial charge in [-0.2, -0.15) is 5.10 Å². The Hall–Kier alpha value is -1.36. The Bertz CT molecular complexity index is 359. The van der Waals surface area contributed by atoms with Crippen LogP contribution in [0.1, 0.15) is 26.3 Å². The number of hydrogen-bond donors (Lipinski definition) is 1. The summed E-state index contributed by atoms with van der Waals surface area (Å²) in [5.41, 5.74) is 0. The van der Waals surface area contributed by atoms with Crippen molar-refractivity contribution in [3.63, 3.8) is 0 Å². The minimum Gasteiger partial charge on any atom is -0.341 e. The van der Waals surface area contributed by atoms with Crippen LogP contribution in [0.15, 0.2) is 18.5 Å². The summed E-state index contributed by atoms with van der Waals surface area (Å²) in [6, 6.07) is 2.38. The second-order valence-corrected chi connectivity index (χ2v) is 4.63. The molecule has 2 atom stereocenters. The van der Waals surface area contributed by atoms with Crippen molar-refractivity contribution in [2.24, 2.45) is 0 Å². The summed E-state index contributed by atoms with van der Waals surface area (Å²) in [6.45, 7) is 6.44. The molecule has 17 heavy (non-hydrogen) atoms. The van der Waals surface area contributed by atoms with Crippen molar-refractivity contribution in [3.05, 3.63) is 18.5 Å². The van der Waals surface area contributed by atoms with E-state index in [-0.39, 0.29) is 18.0 Å². The van der Waals surface area contributed by atoms with Crippen molar-refractivity contribution in [1.82, 2.24) is 20.0 Å². The number of amides is 1. The predicted molar refractivity (Wildman–Crippen MR) is 65.6 cm³/mol. The SMILES string of the molecule is C[C@H]([C@@H](C)NCC(=O)N1CCC1)n1cccn1. The monoisotopic (exact) mass is 236 g/mol. The average Bonchev–Trinajstić information content (AvgIpc) is 2.75. The zero-order valence-corrected chi connectivity index (χ0v) is 10.5. The molecule has 0 spiro atoms. The lowest BCUT2D eigenvalue weighted by Crippen LogP contribution is -2.48. The predicted octanol–water partition coefficient (Wildman–Crippen LogP) is 0.654. The standard InChI is InChI=1S/C12H20N4O/c1-10(11(2)16-8-3-5-14-16)13-9-12(17)15-6-4-7-15/h3,5,8,10-11,13H,4,6-7,9H2,1-2H3/t10-,11-/m1/s1. The topological polar surface area (TPSA) is 50.2 Å². The number of nitrogens with one attached hydrogen (secondary N) is 1. The largest absolute Gasteiger partial charge is 0.341 e. The maximum absolute atomic E-state index is 11.7. The van der Waals surface area contributed by atoms with Crippen LogP contribution >= 0.6 is 0 Å². The molecule has 1 saturated heterocycles. The third-order valence-electron chi connectivity index (χ3n) is 3.45. The maximum Gasteiger partial charge on any atom is 0.236 e. The lowest BCUT2D eigenvalue weighted by atomic mass is 10.1. The van der Waals surface area contributed by atoms with Crippen molar-refractivity contribution >= 4 is 5.91 Å². The Morgan fingerprint density at radius 2 is 2.24 bits per heavy atom. The van der Waals surface area contributed by atoms with E-state index in [0.29, 0.717) is 6.54 Å². The van der Waals surface area contributed by atoms with Crippen molar-refractivity contribution in [1.29, 1.82) is 0 Å². The quantitative estimate of drug-likeness (QED) is 0.817. The van der Waals surface area contributed by atoms with Gasteiger partial charge in [0.05, 0.1) is 12.6 Å². The summed E-state index contributed by atoms with van der Waals surface area (Å²) in [7, 11) is 0. The molecule has 5 nitrogen and oxygen atoms in total. The number of aromatic nitrogens is 2. The third kappa shape index (κ3) is 2.85. The zero-order valence-electron chi connectivity index (χ0n) is 10.5. The normalized spacial score (nSPS) is 18.6. The van der Waals surface area contributed by atoms with E-state index in [0.717, 1.165) is 19.5 Å². The molecule has 1 fully saturated rings. The summed E-state index contributed by atoms with van der Waals surface area (Å²) in [5, 5.41) is 7.48. The summed E-state index contributed by atoms with van der Waals surface area (Å²) < 4.78 is 1.91. The van der Waals surface area contributed by atoms with E-state index in [2.05, 4.69) is 24.3 Å². The second kappa shape index (κ2) is 5.31. The van der Waals surface area contributed by atoms with Crippen LogP contribution in [0.5, 0.6) is 0 Å². The molecule has 1 aliphatic heterocycles. The van der Waals surface area contributed by atoms with Gasteiger partial charge in [-0.25, -0.2) is 0 Å². The van der Waals surface area contributed by atoms with E-state index < -0.39 is 0 Å². The molecule has 2 heterocycles. The molecule has 1 aliphatic rings. The van der Waals surface area contributed by atoms with Crippen LogP contribution < -0.4 is 5.32 Å². The molecular formula is C12H20N4O. The van der Waals surface area contributed by atoms with Crippen LogP contribution in [0.25, 0.3) is 0 Å². The van der Waals surface area contributed by atoms with E-state index in [1.54, 1.807) is 6.20 Å². The highest BCUT2D eigenvalue weighted by molar-refractivity contribution is 5.78. The van der Waals surface area contributed by atoms with Crippen LogP contribution in [-0.2, 0) is 4.79 Å². The highest BCUT2D eigenvalue weighted by Crippen LogP contribution is 2.09. The summed E-state index contributed by atoms with van der Waals surface area (Å²) in [5.74, 6) is 0.204. The van der Waals surface area contributed by atoms with Gasteiger partial charge in [0.2, 0.25) is 5.91 Å². The van der Waals surface area contributed by atoms with Gasteiger partial charge in [-0.1, -0.05) is 0 Å². The minimum atomic E-state index is 0.204. The molecule has 1 amide bonds. The second-order valence-electron chi connectivity index (χ2n) is 4.63. The molecule has 0 aromatic carbocycles. The fourth-order valence-corrected chi connectivity index (χ4v) is 1.85. The molecular weight excluding hydrogens is 216 g/mol. The summed E-state index contributed by atoms with van der Waals surface area (Å²) in [4.78, 5) is 13.6. The number of likely N-dealkylation sites (tertiary alicyclic amines) is 1. The number of carbonyl (C=O) groups excluding carboxylic acids is 1. The van der Waals surface area contributed by atoms with E-state index in [1.807, 2.05) is 21.8 Å². The summed E-state index contributed by atoms with van der Waals surface area (Å²) >= 11 is 0. The van der Waals surface area contributed by atoms with Crippen molar-refractivity contribution in [2.75, 3.05) is 19.6 Å². The van der Waals surface area contributed by atoms with Crippen LogP contribution in [0.4, 0.5) is 0 Å². The van der Waals surface area contributed by atoms with Gasteiger partial charge in [0.15, 0.2) is 0 Å². The number of hydrogen-bond acceptors (Lipinski definition) is 3. The number of nitrogens with zero attached hydrogens (tertiary/aromatic N) is 3. The molecule has 1 aromatic rings. The van der Waals surface area contributed by atoms with Crippen molar-refractivity contribution in [3.8, 4) is 0 Å². The Balaban J connectivity index is 1.76. The molecule has 0 bridgehead atoms.